The van der Waals surface area contributed by atoms with E-state index in [4.69, 9.17) is 9.47 Å². The van der Waals surface area contributed by atoms with Crippen molar-refractivity contribution in [3.8, 4) is 11.5 Å². The minimum atomic E-state index is -0.162. The molecule has 0 aliphatic heterocycles. The van der Waals surface area contributed by atoms with Crippen LogP contribution in [-0.4, -0.2) is 32.6 Å². The monoisotopic (exact) mass is 342 g/mol. The lowest BCUT2D eigenvalue weighted by atomic mass is 10.2. The average Bonchev–Trinajstić information content (AvgIpc) is 2.62. The molecule has 0 fully saturated rings. The highest BCUT2D eigenvalue weighted by Crippen LogP contribution is 2.20. The van der Waals surface area contributed by atoms with Crippen LogP contribution < -0.4 is 19.7 Å². The zero-order chi connectivity index (χ0) is 18.2. The fraction of sp³-hybridized carbons (Fsp3) is 0.263. The highest BCUT2D eigenvalue weighted by atomic mass is 16.5. The highest BCUT2D eigenvalue weighted by molar-refractivity contribution is 5.94. The van der Waals surface area contributed by atoms with Crippen LogP contribution in [0, 0.1) is 0 Å². The maximum atomic E-state index is 12.1. The summed E-state index contributed by atoms with van der Waals surface area (Å²) in [6.07, 6.45) is 0.192. The van der Waals surface area contributed by atoms with E-state index >= 15 is 0 Å². The second-order valence-electron chi connectivity index (χ2n) is 5.40. The van der Waals surface area contributed by atoms with Gasteiger partial charge < -0.3 is 19.7 Å². The molecule has 0 aliphatic carbocycles. The van der Waals surface area contributed by atoms with E-state index < -0.39 is 0 Å². The number of benzene rings is 2. The molecule has 2 aromatic carbocycles. The molecular formula is C19H22N2O4. The Morgan fingerprint density at radius 2 is 1.44 bits per heavy atom. The van der Waals surface area contributed by atoms with E-state index in [9.17, 15) is 9.59 Å². The molecule has 6 nitrogen and oxygen atoms in total. The number of anilines is 2. The first kappa shape index (κ1) is 18.3. The Morgan fingerprint density at radius 1 is 0.920 bits per heavy atom. The van der Waals surface area contributed by atoms with Crippen LogP contribution in [0.5, 0.6) is 11.5 Å². The second-order valence-corrected chi connectivity index (χ2v) is 5.40. The Labute approximate surface area is 147 Å². The van der Waals surface area contributed by atoms with Gasteiger partial charge in [-0.15, -0.1) is 0 Å². The number of hydrogen-bond acceptors (Lipinski definition) is 4. The van der Waals surface area contributed by atoms with E-state index in [2.05, 4.69) is 5.32 Å². The van der Waals surface area contributed by atoms with Crippen molar-refractivity contribution in [2.24, 2.45) is 0 Å². The summed E-state index contributed by atoms with van der Waals surface area (Å²) in [5, 5.41) is 2.80. The van der Waals surface area contributed by atoms with E-state index in [1.807, 2.05) is 0 Å². The molecule has 0 aliphatic rings. The number of hydrogen-bond donors (Lipinski definition) is 1. The molecule has 0 atom stereocenters. The normalized spacial score (nSPS) is 10.0. The summed E-state index contributed by atoms with van der Waals surface area (Å²) in [4.78, 5) is 25.6. The molecule has 0 spiro atoms. The second kappa shape index (κ2) is 8.73. The zero-order valence-electron chi connectivity index (χ0n) is 14.6. The first-order valence-corrected chi connectivity index (χ1v) is 7.89. The van der Waals surface area contributed by atoms with Gasteiger partial charge in [0.15, 0.2) is 0 Å². The van der Waals surface area contributed by atoms with Crippen LogP contribution in [0.15, 0.2) is 48.5 Å². The van der Waals surface area contributed by atoms with Gasteiger partial charge in [0, 0.05) is 31.3 Å². The van der Waals surface area contributed by atoms with Crippen molar-refractivity contribution in [1.82, 2.24) is 0 Å². The van der Waals surface area contributed by atoms with Crippen LogP contribution in [-0.2, 0) is 9.59 Å². The summed E-state index contributed by atoms with van der Waals surface area (Å²) >= 11 is 0. The number of carbonyl (C=O) groups is 2. The van der Waals surface area contributed by atoms with E-state index in [1.165, 1.54) is 6.92 Å². The van der Waals surface area contributed by atoms with Gasteiger partial charge in [-0.2, -0.15) is 0 Å². The van der Waals surface area contributed by atoms with Crippen LogP contribution in [0.25, 0.3) is 0 Å². The maximum Gasteiger partial charge on any atom is 0.226 e. The third-order valence-corrected chi connectivity index (χ3v) is 3.70. The van der Waals surface area contributed by atoms with Gasteiger partial charge in [-0.3, -0.25) is 9.59 Å². The van der Waals surface area contributed by atoms with Gasteiger partial charge in [-0.25, -0.2) is 0 Å². The Hall–Kier alpha value is -3.02. The molecule has 6 heteroatoms. The fourth-order valence-corrected chi connectivity index (χ4v) is 2.34. The van der Waals surface area contributed by atoms with Crippen molar-refractivity contribution in [2.75, 3.05) is 31.0 Å². The Bertz CT molecular complexity index is 711. The van der Waals surface area contributed by atoms with Crippen molar-refractivity contribution in [3.05, 3.63) is 48.5 Å². The summed E-state index contributed by atoms with van der Waals surface area (Å²) in [5.74, 6) is 1.15. The van der Waals surface area contributed by atoms with Crippen LogP contribution in [0.3, 0.4) is 0 Å². The molecule has 2 rings (SSSR count). The van der Waals surface area contributed by atoms with Crippen LogP contribution in [0.1, 0.15) is 13.3 Å². The third kappa shape index (κ3) is 5.24. The molecule has 25 heavy (non-hydrogen) atoms. The first-order chi connectivity index (χ1) is 12.0. The molecule has 0 heterocycles. The lowest BCUT2D eigenvalue weighted by Crippen LogP contribution is -2.31. The SMILES string of the molecule is COc1ccc(NC(=O)CCN(C(C)=O)c2ccc(OC)cc2)cc1. The summed E-state index contributed by atoms with van der Waals surface area (Å²) in [5.41, 5.74) is 1.41. The minimum absolute atomic E-state index is 0.123. The zero-order valence-corrected chi connectivity index (χ0v) is 14.6. The molecule has 0 saturated carbocycles. The van der Waals surface area contributed by atoms with E-state index in [1.54, 1.807) is 67.7 Å². The molecule has 132 valence electrons. The van der Waals surface area contributed by atoms with Crippen LogP contribution >= 0.6 is 0 Å². The number of methoxy groups -OCH3 is 2. The molecule has 0 radical (unpaired) electrons. The van der Waals surface area contributed by atoms with Crippen molar-refractivity contribution in [3.63, 3.8) is 0 Å². The van der Waals surface area contributed by atoms with Gasteiger partial charge in [-0.05, 0) is 48.5 Å². The summed E-state index contributed by atoms with van der Waals surface area (Å²) in [6, 6.07) is 14.2. The van der Waals surface area contributed by atoms with Crippen molar-refractivity contribution in [2.45, 2.75) is 13.3 Å². The third-order valence-electron chi connectivity index (χ3n) is 3.70. The maximum absolute atomic E-state index is 12.1. The number of amides is 2. The summed E-state index contributed by atoms with van der Waals surface area (Å²) < 4.78 is 10.2. The largest absolute Gasteiger partial charge is 0.497 e. The van der Waals surface area contributed by atoms with Crippen molar-refractivity contribution >= 4 is 23.2 Å². The number of ether oxygens (including phenoxy) is 2. The Morgan fingerprint density at radius 3 is 1.92 bits per heavy atom. The standard InChI is InChI=1S/C19H22N2O4/c1-14(22)21(16-6-10-18(25-3)11-7-16)13-12-19(23)20-15-4-8-17(24-2)9-5-15/h4-11H,12-13H2,1-3H3,(H,20,23). The van der Waals surface area contributed by atoms with E-state index in [-0.39, 0.29) is 18.2 Å². The average molecular weight is 342 g/mol. The molecular weight excluding hydrogens is 320 g/mol. The van der Waals surface area contributed by atoms with E-state index in [0.29, 0.717) is 18.0 Å². The van der Waals surface area contributed by atoms with E-state index in [0.717, 1.165) is 11.4 Å². The smallest absolute Gasteiger partial charge is 0.226 e. The predicted molar refractivity (Wildman–Crippen MR) is 97.3 cm³/mol. The topological polar surface area (TPSA) is 67.9 Å². The van der Waals surface area contributed by atoms with Crippen LogP contribution in [0.4, 0.5) is 11.4 Å². The molecule has 1 N–H and O–H groups in total. The quantitative estimate of drug-likeness (QED) is 0.840. The number of rotatable bonds is 7. The Balaban J connectivity index is 1.95. The lowest BCUT2D eigenvalue weighted by molar-refractivity contribution is -0.117. The van der Waals surface area contributed by atoms with Crippen LogP contribution in [0.2, 0.25) is 0 Å². The molecule has 0 bridgehead atoms. The first-order valence-electron chi connectivity index (χ1n) is 7.89. The number of nitrogens with zero attached hydrogens (tertiary/aromatic N) is 1. The molecule has 0 aromatic heterocycles. The Kier molecular flexibility index (Phi) is 6.39. The van der Waals surface area contributed by atoms with Crippen molar-refractivity contribution in [1.29, 1.82) is 0 Å². The number of nitrogens with one attached hydrogen (secondary N) is 1. The highest BCUT2D eigenvalue weighted by Gasteiger charge is 2.13. The van der Waals surface area contributed by atoms with Gasteiger partial charge in [0.25, 0.3) is 0 Å². The van der Waals surface area contributed by atoms with Gasteiger partial charge >= 0.3 is 0 Å². The van der Waals surface area contributed by atoms with Crippen molar-refractivity contribution < 1.29 is 19.1 Å². The predicted octanol–water partition coefficient (Wildman–Crippen LogP) is 3.09. The number of carbonyl (C=O) groups excluding carboxylic acids is 2. The van der Waals surface area contributed by atoms with Gasteiger partial charge in [0.1, 0.15) is 11.5 Å². The molecule has 0 unspecified atom stereocenters. The molecule has 2 amide bonds. The summed E-state index contributed by atoms with van der Waals surface area (Å²) in [6.45, 7) is 1.77. The lowest BCUT2D eigenvalue weighted by Gasteiger charge is -2.21. The molecule has 2 aromatic rings. The summed E-state index contributed by atoms with van der Waals surface area (Å²) in [7, 11) is 3.17. The van der Waals surface area contributed by atoms with Gasteiger partial charge in [0.05, 0.1) is 14.2 Å². The minimum Gasteiger partial charge on any atom is -0.497 e. The van der Waals surface area contributed by atoms with Gasteiger partial charge in [-0.1, -0.05) is 0 Å². The fourth-order valence-electron chi connectivity index (χ4n) is 2.34. The molecule has 0 saturated heterocycles. The van der Waals surface area contributed by atoms with Gasteiger partial charge in [0.2, 0.25) is 11.8 Å².